The van der Waals surface area contributed by atoms with Gasteiger partial charge in [-0.3, -0.25) is 4.98 Å². The van der Waals surface area contributed by atoms with Crippen molar-refractivity contribution < 1.29 is 0 Å². The van der Waals surface area contributed by atoms with Gasteiger partial charge in [0.1, 0.15) is 0 Å². The zero-order valence-corrected chi connectivity index (χ0v) is 10.6. The SMILES string of the molecule is Nc1nc2cccc(-c3cccc4cccnc34)n2n1. The van der Waals surface area contributed by atoms with Crippen molar-refractivity contribution in [2.45, 2.75) is 0 Å². The summed E-state index contributed by atoms with van der Waals surface area (Å²) < 4.78 is 1.75. The molecule has 0 aliphatic carbocycles. The Morgan fingerprint density at radius 1 is 0.950 bits per heavy atom. The molecule has 4 aromatic rings. The van der Waals surface area contributed by atoms with E-state index in [1.807, 2.05) is 48.5 Å². The molecule has 96 valence electrons. The van der Waals surface area contributed by atoms with Gasteiger partial charge in [-0.2, -0.15) is 4.98 Å². The second-order valence-corrected chi connectivity index (χ2v) is 4.53. The van der Waals surface area contributed by atoms with E-state index in [1.54, 1.807) is 10.7 Å². The predicted octanol–water partition coefficient (Wildman–Crippen LogP) is 2.53. The molecule has 0 aliphatic rings. The average molecular weight is 261 g/mol. The van der Waals surface area contributed by atoms with E-state index in [4.69, 9.17) is 5.73 Å². The minimum atomic E-state index is 0.269. The molecule has 0 spiro atoms. The molecule has 0 aliphatic heterocycles. The zero-order chi connectivity index (χ0) is 13.5. The Hall–Kier alpha value is -2.95. The molecule has 0 atom stereocenters. The number of rotatable bonds is 1. The third kappa shape index (κ3) is 1.53. The Bertz CT molecular complexity index is 921. The largest absolute Gasteiger partial charge is 0.366 e. The van der Waals surface area contributed by atoms with Crippen LogP contribution in [-0.4, -0.2) is 19.6 Å². The number of benzene rings is 1. The molecule has 0 saturated heterocycles. The van der Waals surface area contributed by atoms with Gasteiger partial charge in [0, 0.05) is 17.1 Å². The van der Waals surface area contributed by atoms with Gasteiger partial charge in [-0.25, -0.2) is 4.52 Å². The van der Waals surface area contributed by atoms with Gasteiger partial charge < -0.3 is 5.73 Å². The van der Waals surface area contributed by atoms with Crippen LogP contribution >= 0.6 is 0 Å². The van der Waals surface area contributed by atoms with E-state index in [-0.39, 0.29) is 5.95 Å². The average Bonchev–Trinajstić information content (AvgIpc) is 2.87. The summed E-state index contributed by atoms with van der Waals surface area (Å²) >= 11 is 0. The van der Waals surface area contributed by atoms with Gasteiger partial charge >= 0.3 is 0 Å². The standard InChI is InChI=1S/C15H11N5/c16-15-18-13-8-2-7-12(20(13)19-15)11-6-1-4-10-5-3-9-17-14(10)11/h1-9H,(H2,16,19). The molecular weight excluding hydrogens is 250 g/mol. The molecule has 5 nitrogen and oxygen atoms in total. The van der Waals surface area contributed by atoms with E-state index in [9.17, 15) is 0 Å². The highest BCUT2D eigenvalue weighted by atomic mass is 15.3. The molecule has 0 radical (unpaired) electrons. The second-order valence-electron chi connectivity index (χ2n) is 4.53. The first-order valence-electron chi connectivity index (χ1n) is 6.28. The molecule has 0 fully saturated rings. The van der Waals surface area contributed by atoms with Crippen LogP contribution in [0.1, 0.15) is 0 Å². The summed E-state index contributed by atoms with van der Waals surface area (Å²) in [5, 5.41) is 5.34. The first kappa shape index (κ1) is 10.9. The molecule has 0 amide bonds. The molecule has 2 N–H and O–H groups in total. The molecule has 5 heteroatoms. The van der Waals surface area contributed by atoms with Gasteiger partial charge in [-0.05, 0) is 18.2 Å². The summed E-state index contributed by atoms with van der Waals surface area (Å²) in [6, 6.07) is 15.9. The predicted molar refractivity (Wildman–Crippen MR) is 78.1 cm³/mol. The summed E-state index contributed by atoms with van der Waals surface area (Å²) in [5.74, 6) is 0.269. The first-order valence-corrected chi connectivity index (χ1v) is 6.28. The summed E-state index contributed by atoms with van der Waals surface area (Å²) in [6.45, 7) is 0. The van der Waals surface area contributed by atoms with Gasteiger partial charge in [0.2, 0.25) is 5.95 Å². The van der Waals surface area contributed by atoms with Crippen molar-refractivity contribution in [3.05, 3.63) is 54.7 Å². The number of aromatic nitrogens is 4. The van der Waals surface area contributed by atoms with E-state index in [0.717, 1.165) is 27.8 Å². The topological polar surface area (TPSA) is 69.1 Å². The van der Waals surface area contributed by atoms with Gasteiger partial charge in [0.25, 0.3) is 0 Å². The fourth-order valence-corrected chi connectivity index (χ4v) is 2.44. The van der Waals surface area contributed by atoms with Crippen LogP contribution in [0.25, 0.3) is 27.8 Å². The van der Waals surface area contributed by atoms with Crippen molar-refractivity contribution in [2.24, 2.45) is 0 Å². The van der Waals surface area contributed by atoms with E-state index >= 15 is 0 Å². The maximum atomic E-state index is 5.69. The lowest BCUT2D eigenvalue weighted by molar-refractivity contribution is 0.977. The fraction of sp³-hybridized carbons (Fsp3) is 0. The highest BCUT2D eigenvalue weighted by molar-refractivity contribution is 5.92. The third-order valence-electron chi connectivity index (χ3n) is 3.28. The quantitative estimate of drug-likeness (QED) is 0.571. The Morgan fingerprint density at radius 2 is 1.80 bits per heavy atom. The van der Waals surface area contributed by atoms with Crippen LogP contribution in [-0.2, 0) is 0 Å². The Kier molecular flexibility index (Phi) is 2.20. The first-order chi connectivity index (χ1) is 9.83. The highest BCUT2D eigenvalue weighted by Gasteiger charge is 2.10. The van der Waals surface area contributed by atoms with Crippen molar-refractivity contribution in [3.63, 3.8) is 0 Å². The minimum absolute atomic E-state index is 0.269. The smallest absolute Gasteiger partial charge is 0.240 e. The Morgan fingerprint density at radius 3 is 2.75 bits per heavy atom. The zero-order valence-electron chi connectivity index (χ0n) is 10.6. The maximum Gasteiger partial charge on any atom is 0.240 e. The Balaban J connectivity index is 2.11. The van der Waals surface area contributed by atoms with Crippen LogP contribution in [0.2, 0.25) is 0 Å². The molecule has 0 saturated carbocycles. The number of nitrogens with two attached hydrogens (primary N) is 1. The highest BCUT2D eigenvalue weighted by Crippen LogP contribution is 2.27. The van der Waals surface area contributed by atoms with Crippen LogP contribution in [0.5, 0.6) is 0 Å². The van der Waals surface area contributed by atoms with Gasteiger partial charge in [-0.1, -0.05) is 30.3 Å². The van der Waals surface area contributed by atoms with E-state index in [1.165, 1.54) is 0 Å². The van der Waals surface area contributed by atoms with Crippen LogP contribution in [0.3, 0.4) is 0 Å². The number of pyridine rings is 2. The molecule has 1 aromatic carbocycles. The molecule has 4 rings (SSSR count). The van der Waals surface area contributed by atoms with Crippen LogP contribution in [0, 0.1) is 0 Å². The molecule has 3 aromatic heterocycles. The van der Waals surface area contributed by atoms with Gasteiger partial charge in [-0.15, -0.1) is 5.10 Å². The molecule has 3 heterocycles. The summed E-state index contributed by atoms with van der Waals surface area (Å²) in [7, 11) is 0. The van der Waals surface area contributed by atoms with Gasteiger partial charge in [0.15, 0.2) is 5.65 Å². The lowest BCUT2D eigenvalue weighted by Gasteiger charge is -2.07. The monoisotopic (exact) mass is 261 g/mol. The number of hydrogen-bond acceptors (Lipinski definition) is 4. The van der Waals surface area contributed by atoms with Crippen molar-refractivity contribution in [2.75, 3.05) is 5.73 Å². The number of para-hydroxylation sites is 1. The lowest BCUT2D eigenvalue weighted by Crippen LogP contribution is -1.96. The second kappa shape index (κ2) is 4.03. The molecule has 0 bridgehead atoms. The number of anilines is 1. The molecule has 20 heavy (non-hydrogen) atoms. The molecule has 0 unspecified atom stereocenters. The van der Waals surface area contributed by atoms with Crippen molar-refractivity contribution in [1.29, 1.82) is 0 Å². The van der Waals surface area contributed by atoms with Crippen molar-refractivity contribution >= 4 is 22.5 Å². The minimum Gasteiger partial charge on any atom is -0.366 e. The van der Waals surface area contributed by atoms with Crippen molar-refractivity contribution in [3.8, 4) is 11.3 Å². The van der Waals surface area contributed by atoms with E-state index < -0.39 is 0 Å². The number of hydrogen-bond donors (Lipinski definition) is 1. The van der Waals surface area contributed by atoms with E-state index in [2.05, 4.69) is 15.1 Å². The summed E-state index contributed by atoms with van der Waals surface area (Å²) in [6.07, 6.45) is 1.79. The van der Waals surface area contributed by atoms with Crippen molar-refractivity contribution in [1.82, 2.24) is 19.6 Å². The van der Waals surface area contributed by atoms with Crippen LogP contribution < -0.4 is 5.73 Å². The van der Waals surface area contributed by atoms with Crippen LogP contribution in [0.4, 0.5) is 5.95 Å². The maximum absolute atomic E-state index is 5.69. The molecular formula is C15H11N5. The number of nitrogens with zero attached hydrogens (tertiary/aromatic N) is 4. The van der Waals surface area contributed by atoms with E-state index in [0.29, 0.717) is 0 Å². The normalized spacial score (nSPS) is 11.2. The van der Waals surface area contributed by atoms with Crippen LogP contribution in [0.15, 0.2) is 54.7 Å². The van der Waals surface area contributed by atoms with Gasteiger partial charge in [0.05, 0.1) is 11.2 Å². The summed E-state index contributed by atoms with van der Waals surface area (Å²) in [4.78, 5) is 8.67. The number of nitrogen functional groups attached to an aromatic ring is 1. The lowest BCUT2D eigenvalue weighted by atomic mass is 10.1. The third-order valence-corrected chi connectivity index (χ3v) is 3.28. The summed E-state index contributed by atoms with van der Waals surface area (Å²) in [5.41, 5.74) is 9.30. The number of fused-ring (bicyclic) bond motifs is 2. The Labute approximate surface area is 114 Å². The fourth-order valence-electron chi connectivity index (χ4n) is 2.44.